The zero-order chi connectivity index (χ0) is 18.5. The molecule has 4 nitrogen and oxygen atoms in total. The molecular formula is C18H40O4PZn. The molecule has 0 aliphatic heterocycles. The van der Waals surface area contributed by atoms with Crippen LogP contribution in [-0.2, 0) is 22.9 Å². The Bertz CT molecular complexity index is 247. The van der Waals surface area contributed by atoms with Crippen molar-refractivity contribution in [3.8, 4) is 0 Å². The van der Waals surface area contributed by atoms with E-state index in [9.17, 15) is 0 Å². The molecule has 143 valence electrons. The number of unbranched alkanes of at least 4 members (excludes halogenated alkanes) is 15. The monoisotopic (exact) mass is 415 g/mol. The van der Waals surface area contributed by atoms with Crippen LogP contribution in [0.4, 0.5) is 0 Å². The fourth-order valence-electron chi connectivity index (χ4n) is 2.72. The van der Waals surface area contributed by atoms with Crippen LogP contribution >= 0.6 is 7.82 Å². The summed E-state index contributed by atoms with van der Waals surface area (Å²) in [6, 6.07) is 0. The molecule has 6 heteroatoms. The summed E-state index contributed by atoms with van der Waals surface area (Å²) < 4.78 is 8.88. The summed E-state index contributed by atoms with van der Waals surface area (Å²) in [5.74, 6) is 0. The molecule has 0 amide bonds. The SMILES string of the molecule is CCCCCCCCCCCCCCCCC[CH2][Zn].O=P(O)(O)O. The van der Waals surface area contributed by atoms with Crippen molar-refractivity contribution >= 4 is 7.82 Å². The molecule has 0 aliphatic carbocycles. The van der Waals surface area contributed by atoms with E-state index in [0.717, 1.165) is 0 Å². The van der Waals surface area contributed by atoms with Crippen LogP contribution in [0, 0.1) is 0 Å². The molecular weight excluding hydrogens is 377 g/mol. The number of hydrogen-bond acceptors (Lipinski definition) is 1. The maximum atomic E-state index is 8.88. The summed E-state index contributed by atoms with van der Waals surface area (Å²) in [4.78, 5) is 21.6. The van der Waals surface area contributed by atoms with Gasteiger partial charge in [-0.1, -0.05) is 39.0 Å². The molecule has 24 heavy (non-hydrogen) atoms. The molecule has 0 aromatic rings. The molecule has 0 spiro atoms. The fraction of sp³-hybridized carbons (Fsp3) is 1.00. The van der Waals surface area contributed by atoms with Gasteiger partial charge in [0.15, 0.2) is 0 Å². The molecule has 0 rings (SSSR count). The van der Waals surface area contributed by atoms with Crippen LogP contribution in [0.25, 0.3) is 0 Å². The first-order valence-electron chi connectivity index (χ1n) is 9.99. The Balaban J connectivity index is 0. The zero-order valence-corrected chi connectivity index (χ0v) is 19.8. The Morgan fingerprint density at radius 3 is 1.00 bits per heavy atom. The second-order valence-electron chi connectivity index (χ2n) is 6.67. The topological polar surface area (TPSA) is 77.8 Å². The van der Waals surface area contributed by atoms with Gasteiger partial charge in [0.25, 0.3) is 0 Å². The molecule has 0 aromatic heterocycles. The van der Waals surface area contributed by atoms with Crippen molar-refractivity contribution in [1.29, 1.82) is 0 Å². The van der Waals surface area contributed by atoms with Crippen LogP contribution in [0.2, 0.25) is 5.02 Å². The summed E-state index contributed by atoms with van der Waals surface area (Å²) in [5.41, 5.74) is 0. The zero-order valence-electron chi connectivity index (χ0n) is 15.9. The van der Waals surface area contributed by atoms with E-state index in [1.54, 1.807) is 0 Å². The fourth-order valence-corrected chi connectivity index (χ4v) is 3.47. The Morgan fingerprint density at radius 1 is 0.583 bits per heavy atom. The van der Waals surface area contributed by atoms with Crippen molar-refractivity contribution in [1.82, 2.24) is 0 Å². The van der Waals surface area contributed by atoms with Crippen molar-refractivity contribution < 1.29 is 37.5 Å². The molecule has 0 unspecified atom stereocenters. The third-order valence-electron chi connectivity index (χ3n) is 4.10. The second kappa shape index (κ2) is 21.8. The number of rotatable bonds is 16. The van der Waals surface area contributed by atoms with Crippen molar-refractivity contribution in [2.45, 2.75) is 115 Å². The van der Waals surface area contributed by atoms with Gasteiger partial charge in [0.1, 0.15) is 0 Å². The van der Waals surface area contributed by atoms with E-state index in [2.05, 4.69) is 6.92 Å². The standard InChI is InChI=1S/C18H37.H3O4P.Zn/c1-3-5-7-9-11-13-15-17-18-16-14-12-10-8-6-4-2;1-5(2,3)4;/h1,3-18H2,2H3;(H3,1,2,3,4);. The molecule has 0 radical (unpaired) electrons. The summed E-state index contributed by atoms with van der Waals surface area (Å²) in [6.45, 7) is 2.30. The Morgan fingerprint density at radius 2 is 0.792 bits per heavy atom. The molecule has 0 heterocycles. The molecule has 3 N–H and O–H groups in total. The molecule has 0 fully saturated rings. The summed E-state index contributed by atoms with van der Waals surface area (Å²) in [6.07, 6.45) is 23.7. The molecule has 0 saturated carbocycles. The van der Waals surface area contributed by atoms with Gasteiger partial charge in [-0.05, 0) is 0 Å². The van der Waals surface area contributed by atoms with Crippen molar-refractivity contribution in [3.05, 3.63) is 0 Å². The first-order valence-corrected chi connectivity index (χ1v) is 13.7. The summed E-state index contributed by atoms with van der Waals surface area (Å²) in [5, 5.41) is 1.50. The van der Waals surface area contributed by atoms with Gasteiger partial charge in [0.05, 0.1) is 0 Å². The van der Waals surface area contributed by atoms with Gasteiger partial charge in [-0.15, -0.1) is 0 Å². The van der Waals surface area contributed by atoms with Crippen molar-refractivity contribution in [3.63, 3.8) is 0 Å². The van der Waals surface area contributed by atoms with E-state index in [4.69, 9.17) is 19.2 Å². The first kappa shape index (κ1) is 27.0. The first-order chi connectivity index (χ1) is 11.4. The Hall–Kier alpha value is 0.733. The molecule has 0 aromatic carbocycles. The van der Waals surface area contributed by atoms with E-state index in [1.165, 1.54) is 126 Å². The quantitative estimate of drug-likeness (QED) is 0.157. The largest absolute Gasteiger partial charge is 0.466 e. The van der Waals surface area contributed by atoms with Crippen molar-refractivity contribution in [2.24, 2.45) is 0 Å². The van der Waals surface area contributed by atoms with E-state index >= 15 is 0 Å². The summed E-state index contributed by atoms with van der Waals surface area (Å²) in [7, 11) is -4.64. The summed E-state index contributed by atoms with van der Waals surface area (Å²) >= 11 is 1.50. The minimum atomic E-state index is -4.64. The van der Waals surface area contributed by atoms with Gasteiger partial charge in [-0.2, -0.15) is 0 Å². The van der Waals surface area contributed by atoms with Crippen LogP contribution in [0.15, 0.2) is 0 Å². The third kappa shape index (κ3) is 38.3. The van der Waals surface area contributed by atoms with Gasteiger partial charge in [0, 0.05) is 0 Å². The normalized spacial score (nSPS) is 11.2. The molecule has 0 aliphatic rings. The number of phosphoric acid groups is 1. The minimum absolute atomic E-state index is 1.38. The van der Waals surface area contributed by atoms with Crippen molar-refractivity contribution in [2.75, 3.05) is 0 Å². The van der Waals surface area contributed by atoms with Gasteiger partial charge in [0.2, 0.25) is 0 Å². The van der Waals surface area contributed by atoms with Crippen LogP contribution in [0.3, 0.4) is 0 Å². The average molecular weight is 417 g/mol. The maximum absolute atomic E-state index is 8.88. The van der Waals surface area contributed by atoms with E-state index in [1.807, 2.05) is 0 Å². The maximum Gasteiger partial charge on any atom is 0.466 e. The Kier molecular flexibility index (Phi) is 24.5. The molecule has 0 atom stereocenters. The second-order valence-corrected chi connectivity index (χ2v) is 9.18. The predicted octanol–water partition coefficient (Wildman–Crippen LogP) is 6.28. The Labute approximate surface area is 160 Å². The van der Waals surface area contributed by atoms with Crippen LogP contribution in [0.5, 0.6) is 0 Å². The third-order valence-corrected chi connectivity index (χ3v) is 5.15. The van der Waals surface area contributed by atoms with E-state index in [-0.39, 0.29) is 0 Å². The average Bonchev–Trinajstić information content (AvgIpc) is 2.49. The van der Waals surface area contributed by atoms with Gasteiger partial charge >= 0.3 is 102 Å². The predicted molar refractivity (Wildman–Crippen MR) is 98.6 cm³/mol. The smallest absolute Gasteiger partial charge is 0.303 e. The van der Waals surface area contributed by atoms with Crippen LogP contribution in [0.1, 0.15) is 110 Å². The van der Waals surface area contributed by atoms with Crippen LogP contribution in [-0.4, -0.2) is 14.7 Å². The van der Waals surface area contributed by atoms with Crippen LogP contribution < -0.4 is 0 Å². The minimum Gasteiger partial charge on any atom is -0.303 e. The van der Waals surface area contributed by atoms with Gasteiger partial charge in [-0.3, -0.25) is 0 Å². The van der Waals surface area contributed by atoms with Gasteiger partial charge in [-0.25, -0.2) is 4.57 Å². The number of hydrogen-bond donors (Lipinski definition) is 3. The van der Waals surface area contributed by atoms with E-state index in [0.29, 0.717) is 0 Å². The van der Waals surface area contributed by atoms with E-state index < -0.39 is 7.82 Å². The van der Waals surface area contributed by atoms with Gasteiger partial charge < -0.3 is 14.7 Å². The molecule has 0 saturated heterocycles. The molecule has 0 bridgehead atoms.